The highest BCUT2D eigenvalue weighted by molar-refractivity contribution is 6.29. The minimum absolute atomic E-state index is 0.00497. The summed E-state index contributed by atoms with van der Waals surface area (Å²) in [4.78, 5) is 0. The fraction of sp³-hybridized carbons (Fsp3) is 0.0909. The molecule has 0 atom stereocenters. The highest BCUT2D eigenvalue weighted by Crippen LogP contribution is 2.25. The number of aryl methyl sites for hydroxylation is 1. The van der Waals surface area contributed by atoms with Crippen LogP contribution in [0.4, 0.5) is 4.39 Å². The molecule has 3 nitrogen and oxygen atoms in total. The van der Waals surface area contributed by atoms with E-state index in [1.54, 1.807) is 12.1 Å². The average Bonchev–Trinajstić information content (AvgIpc) is 2.25. The van der Waals surface area contributed by atoms with Gasteiger partial charge in [-0.2, -0.15) is 0 Å². The summed E-state index contributed by atoms with van der Waals surface area (Å²) < 4.78 is 18.6. The third-order valence-corrected chi connectivity index (χ3v) is 2.17. The number of halogens is 2. The standard InChI is InChI=1S/C11H8ClFN2O/c1-7-4-2-3-5-9(7)16-11-8(13)6-10(12)14-15-11/h2-6H,1H3. The van der Waals surface area contributed by atoms with Crippen molar-refractivity contribution in [1.29, 1.82) is 0 Å². The van der Waals surface area contributed by atoms with Crippen LogP contribution < -0.4 is 4.74 Å². The third kappa shape index (κ3) is 2.28. The van der Waals surface area contributed by atoms with Gasteiger partial charge in [0.1, 0.15) is 5.75 Å². The number of aromatic nitrogens is 2. The normalized spacial score (nSPS) is 10.2. The molecule has 0 fully saturated rings. The summed E-state index contributed by atoms with van der Waals surface area (Å²) in [6, 6.07) is 8.31. The van der Waals surface area contributed by atoms with Crippen LogP contribution in [0.25, 0.3) is 0 Å². The highest BCUT2D eigenvalue weighted by Gasteiger charge is 2.09. The van der Waals surface area contributed by atoms with E-state index in [9.17, 15) is 4.39 Å². The smallest absolute Gasteiger partial charge is 0.275 e. The number of hydrogen-bond donors (Lipinski definition) is 0. The van der Waals surface area contributed by atoms with Crippen molar-refractivity contribution >= 4 is 11.6 Å². The van der Waals surface area contributed by atoms with Crippen molar-refractivity contribution in [2.75, 3.05) is 0 Å². The molecule has 0 aliphatic rings. The third-order valence-electron chi connectivity index (χ3n) is 1.99. The fourth-order valence-corrected chi connectivity index (χ4v) is 1.31. The molecular weight excluding hydrogens is 231 g/mol. The molecule has 16 heavy (non-hydrogen) atoms. The summed E-state index contributed by atoms with van der Waals surface area (Å²) in [5, 5.41) is 7.05. The van der Waals surface area contributed by atoms with Crippen LogP contribution in [0.5, 0.6) is 11.6 Å². The molecule has 0 saturated carbocycles. The molecular formula is C11H8ClFN2O. The summed E-state index contributed by atoms with van der Waals surface area (Å²) in [6.45, 7) is 1.86. The van der Waals surface area contributed by atoms with Gasteiger partial charge in [0, 0.05) is 6.07 Å². The quantitative estimate of drug-likeness (QED) is 0.805. The zero-order valence-electron chi connectivity index (χ0n) is 8.45. The Morgan fingerprint density at radius 3 is 2.69 bits per heavy atom. The predicted molar refractivity (Wildman–Crippen MR) is 58.3 cm³/mol. The lowest BCUT2D eigenvalue weighted by Crippen LogP contribution is -1.95. The van der Waals surface area contributed by atoms with E-state index in [2.05, 4.69) is 10.2 Å². The maximum atomic E-state index is 13.4. The Morgan fingerprint density at radius 2 is 2.00 bits per heavy atom. The lowest BCUT2D eigenvalue weighted by atomic mass is 10.2. The van der Waals surface area contributed by atoms with Crippen molar-refractivity contribution in [2.45, 2.75) is 6.92 Å². The molecule has 2 aromatic rings. The van der Waals surface area contributed by atoms with Gasteiger partial charge in [0.2, 0.25) is 0 Å². The molecule has 2 rings (SSSR count). The lowest BCUT2D eigenvalue weighted by Gasteiger charge is -2.07. The molecule has 0 aliphatic heterocycles. The van der Waals surface area contributed by atoms with Crippen LogP contribution in [-0.2, 0) is 0 Å². The Kier molecular flexibility index (Phi) is 3.01. The van der Waals surface area contributed by atoms with E-state index in [-0.39, 0.29) is 11.0 Å². The number of para-hydroxylation sites is 1. The molecule has 1 heterocycles. The summed E-state index contributed by atoms with van der Waals surface area (Å²) in [7, 11) is 0. The Balaban J connectivity index is 2.31. The summed E-state index contributed by atoms with van der Waals surface area (Å²) in [5.41, 5.74) is 0.888. The van der Waals surface area contributed by atoms with Crippen LogP contribution in [-0.4, -0.2) is 10.2 Å². The van der Waals surface area contributed by atoms with Gasteiger partial charge in [-0.3, -0.25) is 0 Å². The van der Waals surface area contributed by atoms with Gasteiger partial charge >= 0.3 is 0 Å². The molecule has 0 N–H and O–H groups in total. The first-order valence-corrected chi connectivity index (χ1v) is 4.97. The zero-order valence-corrected chi connectivity index (χ0v) is 9.20. The zero-order chi connectivity index (χ0) is 11.5. The van der Waals surface area contributed by atoms with E-state index in [1.807, 2.05) is 19.1 Å². The van der Waals surface area contributed by atoms with E-state index < -0.39 is 5.82 Å². The van der Waals surface area contributed by atoms with Crippen molar-refractivity contribution in [3.63, 3.8) is 0 Å². The number of rotatable bonds is 2. The van der Waals surface area contributed by atoms with Crippen LogP contribution >= 0.6 is 11.6 Å². The van der Waals surface area contributed by atoms with Crippen LogP contribution in [0.2, 0.25) is 5.15 Å². The van der Waals surface area contributed by atoms with Gasteiger partial charge in [-0.1, -0.05) is 29.8 Å². The second-order valence-corrected chi connectivity index (χ2v) is 3.57. The van der Waals surface area contributed by atoms with Gasteiger partial charge in [-0.25, -0.2) is 4.39 Å². The van der Waals surface area contributed by atoms with Gasteiger partial charge < -0.3 is 4.74 Å². The van der Waals surface area contributed by atoms with E-state index in [0.29, 0.717) is 5.75 Å². The van der Waals surface area contributed by atoms with Crippen molar-refractivity contribution < 1.29 is 9.13 Å². The van der Waals surface area contributed by atoms with E-state index >= 15 is 0 Å². The molecule has 0 unspecified atom stereocenters. The van der Waals surface area contributed by atoms with Crippen molar-refractivity contribution in [2.24, 2.45) is 0 Å². The van der Waals surface area contributed by atoms with Gasteiger partial charge in [-0.05, 0) is 18.6 Å². The molecule has 1 aromatic heterocycles. The first-order chi connectivity index (χ1) is 7.66. The van der Waals surface area contributed by atoms with Gasteiger partial charge in [-0.15, -0.1) is 10.2 Å². The van der Waals surface area contributed by atoms with Crippen molar-refractivity contribution in [1.82, 2.24) is 10.2 Å². The predicted octanol–water partition coefficient (Wildman–Crippen LogP) is 3.37. The van der Waals surface area contributed by atoms with E-state index in [0.717, 1.165) is 11.6 Å². The Morgan fingerprint density at radius 1 is 1.25 bits per heavy atom. The SMILES string of the molecule is Cc1ccccc1Oc1nnc(Cl)cc1F. The van der Waals surface area contributed by atoms with E-state index in [4.69, 9.17) is 16.3 Å². The van der Waals surface area contributed by atoms with Gasteiger partial charge in [0.25, 0.3) is 5.88 Å². The number of nitrogens with zero attached hydrogens (tertiary/aromatic N) is 2. The molecule has 1 aromatic carbocycles. The van der Waals surface area contributed by atoms with Crippen molar-refractivity contribution in [3.05, 3.63) is 46.9 Å². The molecule has 0 bridgehead atoms. The van der Waals surface area contributed by atoms with Crippen LogP contribution in [0.1, 0.15) is 5.56 Å². The Bertz CT molecular complexity index is 519. The second-order valence-electron chi connectivity index (χ2n) is 3.19. The minimum atomic E-state index is -0.636. The van der Waals surface area contributed by atoms with Crippen LogP contribution in [0.15, 0.2) is 30.3 Å². The van der Waals surface area contributed by atoms with Gasteiger partial charge in [0.05, 0.1) is 0 Å². The second kappa shape index (κ2) is 4.45. The largest absolute Gasteiger partial charge is 0.435 e. The molecule has 5 heteroatoms. The molecule has 0 aliphatic carbocycles. The van der Waals surface area contributed by atoms with Crippen molar-refractivity contribution in [3.8, 4) is 11.6 Å². The first-order valence-electron chi connectivity index (χ1n) is 4.59. The fourth-order valence-electron chi connectivity index (χ4n) is 1.18. The summed E-state index contributed by atoms with van der Waals surface area (Å²) >= 11 is 5.48. The molecule has 0 saturated heterocycles. The maximum absolute atomic E-state index is 13.4. The molecule has 82 valence electrons. The highest BCUT2D eigenvalue weighted by atomic mass is 35.5. The summed E-state index contributed by atoms with van der Waals surface area (Å²) in [5.74, 6) is -0.278. The van der Waals surface area contributed by atoms with Crippen LogP contribution in [0, 0.1) is 12.7 Å². The molecule has 0 spiro atoms. The number of ether oxygens (including phenoxy) is 1. The number of hydrogen-bond acceptors (Lipinski definition) is 3. The Hall–Kier alpha value is -1.68. The van der Waals surface area contributed by atoms with Crippen LogP contribution in [0.3, 0.4) is 0 Å². The van der Waals surface area contributed by atoms with Gasteiger partial charge in [0.15, 0.2) is 11.0 Å². The minimum Gasteiger partial charge on any atom is -0.435 e. The monoisotopic (exact) mass is 238 g/mol. The topological polar surface area (TPSA) is 35.0 Å². The van der Waals surface area contributed by atoms with E-state index in [1.165, 1.54) is 0 Å². The Labute approximate surface area is 96.8 Å². The molecule has 0 radical (unpaired) electrons. The maximum Gasteiger partial charge on any atom is 0.275 e. The lowest BCUT2D eigenvalue weighted by molar-refractivity contribution is 0.412. The first kappa shape index (κ1) is 10.8. The summed E-state index contributed by atoms with van der Waals surface area (Å²) in [6.07, 6.45) is 0. The average molecular weight is 239 g/mol. The molecule has 0 amide bonds. The number of benzene rings is 1.